The maximum atomic E-state index is 11.6. The third-order valence-corrected chi connectivity index (χ3v) is 2.74. The molecule has 78 valence electrons. The number of carbonyl (C=O) groups excluding carboxylic acids is 2. The largest absolute Gasteiger partial charge is 0.422 e. The Morgan fingerprint density at radius 3 is 2.50 bits per heavy atom. The lowest BCUT2D eigenvalue weighted by Gasteiger charge is -2.07. The molecule has 0 aliphatic carbocycles. The highest BCUT2D eigenvalue weighted by Crippen LogP contribution is 2.28. The first-order valence-electron chi connectivity index (χ1n) is 4.17. The van der Waals surface area contributed by atoms with Gasteiger partial charge < -0.3 is 4.74 Å². The number of unbranched alkanes of at least 4 members (excludes halogenated alkanes) is 1. The van der Waals surface area contributed by atoms with Gasteiger partial charge in [0.2, 0.25) is 5.76 Å². The smallest absolute Gasteiger partial charge is 0.402 e. The first-order valence-corrected chi connectivity index (χ1v) is 6.32. The van der Waals surface area contributed by atoms with Gasteiger partial charge in [0.15, 0.2) is 0 Å². The minimum Gasteiger partial charge on any atom is -0.402 e. The fourth-order valence-electron chi connectivity index (χ4n) is 1.02. The molecule has 14 heavy (non-hydrogen) atoms. The first kappa shape index (κ1) is 12.2. The van der Waals surface area contributed by atoms with Crippen molar-refractivity contribution in [2.45, 2.75) is 19.8 Å². The summed E-state index contributed by atoms with van der Waals surface area (Å²) in [5.41, 5.74) is 0. The lowest BCUT2D eigenvalue weighted by Crippen LogP contribution is -2.29. The van der Waals surface area contributed by atoms with E-state index in [-0.39, 0.29) is 11.7 Å². The van der Waals surface area contributed by atoms with Crippen molar-refractivity contribution in [3.8, 4) is 0 Å². The number of amides is 2. The monoisotopic (exact) mass is 421 g/mol. The number of imide groups is 1. The van der Waals surface area contributed by atoms with Gasteiger partial charge in [0.05, 0.1) is 1.59 Å². The standard InChI is InChI=1S/C8H9I2NO3/c1-2-3-4-11-7(12)5(6(9)10)14-8(11)13/h2-4H2,1H3. The van der Waals surface area contributed by atoms with Crippen LogP contribution in [0, 0.1) is 0 Å². The zero-order valence-corrected chi connectivity index (χ0v) is 11.9. The van der Waals surface area contributed by atoms with Crippen molar-refractivity contribution >= 4 is 57.2 Å². The first-order chi connectivity index (χ1) is 6.57. The topological polar surface area (TPSA) is 46.6 Å². The van der Waals surface area contributed by atoms with Crippen LogP contribution in [0.15, 0.2) is 7.35 Å². The van der Waals surface area contributed by atoms with Crippen LogP contribution in [0.4, 0.5) is 4.79 Å². The number of nitrogens with zero attached hydrogens (tertiary/aromatic N) is 1. The third kappa shape index (κ3) is 2.59. The predicted octanol–water partition coefficient (Wildman–Crippen LogP) is 2.80. The minimum atomic E-state index is -0.552. The SMILES string of the molecule is CCCCN1C(=O)OC(=C(I)I)C1=O. The molecule has 1 aliphatic rings. The molecule has 0 unspecified atom stereocenters. The van der Waals surface area contributed by atoms with Gasteiger partial charge in [0.25, 0.3) is 0 Å². The van der Waals surface area contributed by atoms with Crippen LogP contribution in [0.25, 0.3) is 0 Å². The van der Waals surface area contributed by atoms with E-state index < -0.39 is 6.09 Å². The normalized spacial score (nSPS) is 16.2. The Balaban J connectivity index is 2.76. The van der Waals surface area contributed by atoms with Gasteiger partial charge in [-0.1, -0.05) is 13.3 Å². The quantitative estimate of drug-likeness (QED) is 0.521. The van der Waals surface area contributed by atoms with Crippen molar-refractivity contribution in [2.24, 2.45) is 0 Å². The molecular weight excluding hydrogens is 412 g/mol. The summed E-state index contributed by atoms with van der Waals surface area (Å²) in [6, 6.07) is 0. The molecular formula is C8H9I2NO3. The van der Waals surface area contributed by atoms with Crippen LogP contribution in [-0.4, -0.2) is 23.4 Å². The van der Waals surface area contributed by atoms with Crippen LogP contribution in [0.1, 0.15) is 19.8 Å². The summed E-state index contributed by atoms with van der Waals surface area (Å²) in [5, 5.41) is 0. The summed E-state index contributed by atoms with van der Waals surface area (Å²) in [6.45, 7) is 2.45. The van der Waals surface area contributed by atoms with E-state index in [0.717, 1.165) is 17.7 Å². The molecule has 1 aliphatic heterocycles. The molecule has 0 aromatic carbocycles. The van der Waals surface area contributed by atoms with Gasteiger partial charge in [-0.25, -0.2) is 9.69 Å². The Kier molecular flexibility index (Phi) is 4.61. The van der Waals surface area contributed by atoms with Crippen LogP contribution in [0.3, 0.4) is 0 Å². The molecule has 1 heterocycles. The number of carbonyl (C=O) groups is 2. The van der Waals surface area contributed by atoms with E-state index in [4.69, 9.17) is 4.74 Å². The average molecular weight is 421 g/mol. The predicted molar refractivity (Wildman–Crippen MR) is 68.2 cm³/mol. The highest BCUT2D eigenvalue weighted by atomic mass is 127. The number of ether oxygens (including phenoxy) is 1. The van der Waals surface area contributed by atoms with Crippen molar-refractivity contribution < 1.29 is 14.3 Å². The number of hydrogen-bond donors (Lipinski definition) is 0. The molecule has 6 heteroatoms. The third-order valence-electron chi connectivity index (χ3n) is 1.76. The molecule has 0 saturated carbocycles. The summed E-state index contributed by atoms with van der Waals surface area (Å²) in [7, 11) is 0. The molecule has 2 amide bonds. The number of halogens is 2. The van der Waals surface area contributed by atoms with Crippen LogP contribution in [-0.2, 0) is 9.53 Å². The van der Waals surface area contributed by atoms with Crippen LogP contribution in [0.2, 0.25) is 0 Å². The Morgan fingerprint density at radius 1 is 1.43 bits per heavy atom. The summed E-state index contributed by atoms with van der Waals surface area (Å²) >= 11 is 3.92. The zero-order valence-electron chi connectivity index (χ0n) is 7.55. The Bertz CT molecular complexity index is 297. The summed E-state index contributed by atoms with van der Waals surface area (Å²) in [6.07, 6.45) is 1.20. The maximum Gasteiger partial charge on any atom is 0.422 e. The molecule has 4 nitrogen and oxygen atoms in total. The van der Waals surface area contributed by atoms with Gasteiger partial charge in [0, 0.05) is 6.54 Å². The van der Waals surface area contributed by atoms with Crippen molar-refractivity contribution in [1.29, 1.82) is 0 Å². The Morgan fingerprint density at radius 2 is 2.07 bits per heavy atom. The van der Waals surface area contributed by atoms with Gasteiger partial charge in [0.1, 0.15) is 0 Å². The second-order valence-electron chi connectivity index (χ2n) is 2.77. The summed E-state index contributed by atoms with van der Waals surface area (Å²) in [5.74, 6) is -0.158. The molecule has 0 spiro atoms. The Labute approximate surface area is 109 Å². The molecule has 0 radical (unpaired) electrons. The highest BCUT2D eigenvalue weighted by molar-refractivity contribution is 14.2. The van der Waals surface area contributed by atoms with Gasteiger partial charge in [-0.15, -0.1) is 0 Å². The van der Waals surface area contributed by atoms with Crippen molar-refractivity contribution in [1.82, 2.24) is 4.90 Å². The average Bonchev–Trinajstić information content (AvgIpc) is 2.40. The van der Waals surface area contributed by atoms with Crippen LogP contribution in [0.5, 0.6) is 0 Å². The lowest BCUT2D eigenvalue weighted by atomic mass is 10.3. The van der Waals surface area contributed by atoms with E-state index in [1.54, 1.807) is 0 Å². The fraction of sp³-hybridized carbons (Fsp3) is 0.500. The Hall–Kier alpha value is 0.140. The van der Waals surface area contributed by atoms with Crippen molar-refractivity contribution in [3.05, 3.63) is 7.35 Å². The maximum absolute atomic E-state index is 11.6. The number of cyclic esters (lactones) is 1. The van der Waals surface area contributed by atoms with Crippen LogP contribution >= 0.6 is 45.2 Å². The van der Waals surface area contributed by atoms with Gasteiger partial charge in [-0.3, -0.25) is 4.79 Å². The van der Waals surface area contributed by atoms with Gasteiger partial charge in [-0.05, 0) is 51.6 Å². The molecule has 1 saturated heterocycles. The second-order valence-corrected chi connectivity index (χ2v) is 6.99. The van der Waals surface area contributed by atoms with E-state index in [9.17, 15) is 9.59 Å². The zero-order chi connectivity index (χ0) is 10.7. The van der Waals surface area contributed by atoms with Gasteiger partial charge in [-0.2, -0.15) is 0 Å². The molecule has 1 rings (SSSR count). The molecule has 0 aromatic rings. The van der Waals surface area contributed by atoms with E-state index in [0.29, 0.717) is 8.13 Å². The minimum absolute atomic E-state index is 0.160. The number of rotatable bonds is 3. The molecule has 0 aromatic heterocycles. The molecule has 0 atom stereocenters. The summed E-state index contributed by atoms with van der Waals surface area (Å²) in [4.78, 5) is 24.0. The molecule has 0 N–H and O–H groups in total. The van der Waals surface area contributed by atoms with Gasteiger partial charge >= 0.3 is 12.0 Å². The highest BCUT2D eigenvalue weighted by Gasteiger charge is 2.37. The van der Waals surface area contributed by atoms with Crippen molar-refractivity contribution in [3.63, 3.8) is 0 Å². The van der Waals surface area contributed by atoms with Crippen molar-refractivity contribution in [2.75, 3.05) is 6.54 Å². The lowest BCUT2D eigenvalue weighted by molar-refractivity contribution is -0.123. The van der Waals surface area contributed by atoms with E-state index in [2.05, 4.69) is 0 Å². The molecule has 0 bridgehead atoms. The summed E-state index contributed by atoms with van der Waals surface area (Å²) < 4.78 is 5.53. The number of hydrogen-bond acceptors (Lipinski definition) is 3. The second kappa shape index (κ2) is 5.29. The fourth-order valence-corrected chi connectivity index (χ4v) is 1.70. The van der Waals surface area contributed by atoms with E-state index >= 15 is 0 Å². The van der Waals surface area contributed by atoms with E-state index in [1.807, 2.05) is 52.1 Å². The van der Waals surface area contributed by atoms with E-state index in [1.165, 1.54) is 0 Å². The van der Waals surface area contributed by atoms with Crippen LogP contribution < -0.4 is 0 Å². The molecule has 1 fully saturated rings.